The zero-order valence-electron chi connectivity index (χ0n) is 14.5. The summed E-state index contributed by atoms with van der Waals surface area (Å²) in [5.41, 5.74) is 1.68. The number of aromatic nitrogens is 5. The lowest BCUT2D eigenvalue weighted by Crippen LogP contribution is -2.32. The lowest BCUT2D eigenvalue weighted by atomic mass is 9.97. The number of alkyl halides is 3. The summed E-state index contributed by atoms with van der Waals surface area (Å²) in [5, 5.41) is 10.6. The number of amides is 1. The van der Waals surface area contributed by atoms with Crippen molar-refractivity contribution in [1.82, 2.24) is 29.5 Å². The van der Waals surface area contributed by atoms with Crippen molar-refractivity contribution in [3.63, 3.8) is 0 Å². The Kier molecular flexibility index (Phi) is 4.12. The number of hydrogen-bond donors (Lipinski definition) is 1. The summed E-state index contributed by atoms with van der Waals surface area (Å²) in [4.78, 5) is 17.0. The van der Waals surface area contributed by atoms with Crippen LogP contribution >= 0.6 is 0 Å². The third-order valence-electron chi connectivity index (χ3n) is 4.82. The molecule has 27 heavy (non-hydrogen) atoms. The molecule has 10 heteroatoms. The number of carbonyl (C=O) groups excluding carboxylic acids is 1. The number of carbonyl (C=O) groups is 1. The van der Waals surface area contributed by atoms with E-state index >= 15 is 0 Å². The van der Waals surface area contributed by atoms with Crippen LogP contribution in [0.3, 0.4) is 0 Å². The molecule has 1 aliphatic rings. The molecule has 4 rings (SSSR count). The molecule has 142 valence electrons. The predicted molar refractivity (Wildman–Crippen MR) is 89.0 cm³/mol. The molecular formula is C17H17F3N6O. The SMILES string of the molecule is Cc1nc2ccccn2c1C(=O)NCc1nnc2n1CC[C@@H](C(F)(F)F)C2. The molecule has 0 aliphatic carbocycles. The van der Waals surface area contributed by atoms with Crippen LogP contribution in [0.15, 0.2) is 24.4 Å². The van der Waals surface area contributed by atoms with Gasteiger partial charge in [-0.15, -0.1) is 10.2 Å². The number of fused-ring (bicyclic) bond motifs is 2. The topological polar surface area (TPSA) is 77.1 Å². The van der Waals surface area contributed by atoms with Crippen molar-refractivity contribution in [1.29, 1.82) is 0 Å². The monoisotopic (exact) mass is 378 g/mol. The number of aryl methyl sites for hydroxylation is 1. The minimum atomic E-state index is -4.23. The zero-order chi connectivity index (χ0) is 19.2. The third kappa shape index (κ3) is 3.15. The molecule has 0 spiro atoms. The molecule has 1 atom stereocenters. The molecule has 4 heterocycles. The molecule has 1 aliphatic heterocycles. The molecule has 0 fully saturated rings. The second-order valence-electron chi connectivity index (χ2n) is 6.57. The van der Waals surface area contributed by atoms with Crippen LogP contribution in [0.2, 0.25) is 0 Å². The summed E-state index contributed by atoms with van der Waals surface area (Å²) in [6.45, 7) is 2.02. The summed E-state index contributed by atoms with van der Waals surface area (Å²) in [7, 11) is 0. The van der Waals surface area contributed by atoms with E-state index in [1.54, 1.807) is 34.2 Å². The molecule has 1 amide bonds. The summed E-state index contributed by atoms with van der Waals surface area (Å²) < 4.78 is 42.0. The van der Waals surface area contributed by atoms with Gasteiger partial charge in [0.05, 0.1) is 18.2 Å². The summed E-state index contributed by atoms with van der Waals surface area (Å²) in [6, 6.07) is 5.44. The summed E-state index contributed by atoms with van der Waals surface area (Å²) in [5.74, 6) is -0.964. The zero-order valence-corrected chi connectivity index (χ0v) is 14.5. The number of nitrogens with zero attached hydrogens (tertiary/aromatic N) is 5. The van der Waals surface area contributed by atoms with Crippen LogP contribution in [0.1, 0.15) is 34.3 Å². The Bertz CT molecular complexity index is 1010. The number of imidazole rings is 1. The van der Waals surface area contributed by atoms with Crippen molar-refractivity contribution < 1.29 is 18.0 Å². The molecule has 0 saturated heterocycles. The van der Waals surface area contributed by atoms with Crippen molar-refractivity contribution >= 4 is 11.6 Å². The van der Waals surface area contributed by atoms with Crippen molar-refractivity contribution in [3.8, 4) is 0 Å². The van der Waals surface area contributed by atoms with Gasteiger partial charge in [-0.05, 0) is 25.5 Å². The smallest absolute Gasteiger partial charge is 0.343 e. The van der Waals surface area contributed by atoms with Gasteiger partial charge in [-0.25, -0.2) is 4.98 Å². The Morgan fingerprint density at radius 2 is 2.15 bits per heavy atom. The lowest BCUT2D eigenvalue weighted by molar-refractivity contribution is -0.179. The number of hydrogen-bond acceptors (Lipinski definition) is 4. The first-order chi connectivity index (χ1) is 12.8. The number of halogens is 3. The molecule has 3 aromatic rings. The maximum Gasteiger partial charge on any atom is 0.392 e. The highest BCUT2D eigenvalue weighted by molar-refractivity contribution is 5.94. The van der Waals surface area contributed by atoms with E-state index in [1.807, 2.05) is 6.07 Å². The van der Waals surface area contributed by atoms with Crippen molar-refractivity contribution in [2.45, 2.75) is 39.0 Å². The van der Waals surface area contributed by atoms with Crippen molar-refractivity contribution in [3.05, 3.63) is 47.4 Å². The maximum atomic E-state index is 12.9. The van der Waals surface area contributed by atoms with Crippen molar-refractivity contribution in [2.75, 3.05) is 0 Å². The minimum Gasteiger partial charge on any atom is -0.343 e. The van der Waals surface area contributed by atoms with Gasteiger partial charge >= 0.3 is 6.18 Å². The minimum absolute atomic E-state index is 0.0120. The Morgan fingerprint density at radius 3 is 2.93 bits per heavy atom. The van der Waals surface area contributed by atoms with Crippen LogP contribution in [0.4, 0.5) is 13.2 Å². The van der Waals surface area contributed by atoms with E-state index in [0.29, 0.717) is 28.7 Å². The molecule has 7 nitrogen and oxygen atoms in total. The van der Waals surface area contributed by atoms with Crippen LogP contribution in [-0.4, -0.2) is 36.2 Å². The van der Waals surface area contributed by atoms with E-state index in [2.05, 4.69) is 20.5 Å². The van der Waals surface area contributed by atoms with Gasteiger partial charge in [-0.1, -0.05) is 6.07 Å². The molecule has 0 saturated carbocycles. The van der Waals surface area contributed by atoms with Crippen LogP contribution in [-0.2, 0) is 19.5 Å². The van der Waals surface area contributed by atoms with Crippen LogP contribution in [0.5, 0.6) is 0 Å². The van der Waals surface area contributed by atoms with Gasteiger partial charge in [0, 0.05) is 19.2 Å². The molecule has 0 unspecified atom stereocenters. The number of pyridine rings is 1. The van der Waals surface area contributed by atoms with E-state index in [0.717, 1.165) is 0 Å². The number of rotatable bonds is 3. The Morgan fingerprint density at radius 1 is 1.33 bits per heavy atom. The molecule has 1 N–H and O–H groups in total. The van der Waals surface area contributed by atoms with E-state index in [1.165, 1.54) is 0 Å². The van der Waals surface area contributed by atoms with E-state index in [-0.39, 0.29) is 31.8 Å². The highest BCUT2D eigenvalue weighted by Gasteiger charge is 2.42. The molecule has 0 aromatic carbocycles. The Hall–Kier alpha value is -2.91. The fourth-order valence-electron chi connectivity index (χ4n) is 3.43. The molecule has 0 bridgehead atoms. The standard InChI is InChI=1S/C17H17F3N6O/c1-10-15(26-6-3-2-4-12(26)22-10)16(27)21-9-14-24-23-13-8-11(17(18,19)20)5-7-25(13)14/h2-4,6,11H,5,7-9H2,1H3,(H,21,27)/t11-/m1/s1. The highest BCUT2D eigenvalue weighted by Crippen LogP contribution is 2.34. The van der Waals surface area contributed by atoms with Crippen molar-refractivity contribution in [2.24, 2.45) is 5.92 Å². The average Bonchev–Trinajstić information content (AvgIpc) is 3.18. The number of nitrogens with one attached hydrogen (secondary N) is 1. The Labute approximate surface area is 152 Å². The highest BCUT2D eigenvalue weighted by atomic mass is 19.4. The first-order valence-corrected chi connectivity index (χ1v) is 8.54. The summed E-state index contributed by atoms with van der Waals surface area (Å²) in [6.07, 6.45) is -2.68. The van der Waals surface area contributed by atoms with Gasteiger partial charge in [-0.3, -0.25) is 9.20 Å². The van der Waals surface area contributed by atoms with Gasteiger partial charge in [0.15, 0.2) is 5.82 Å². The van der Waals surface area contributed by atoms with E-state index < -0.39 is 12.1 Å². The van der Waals surface area contributed by atoms with Gasteiger partial charge in [0.1, 0.15) is 17.2 Å². The fraction of sp³-hybridized carbons (Fsp3) is 0.412. The van der Waals surface area contributed by atoms with Gasteiger partial charge in [-0.2, -0.15) is 13.2 Å². The first-order valence-electron chi connectivity index (χ1n) is 8.54. The quantitative estimate of drug-likeness (QED) is 0.759. The normalized spacial score (nSPS) is 17.1. The Balaban J connectivity index is 1.49. The lowest BCUT2D eigenvalue weighted by Gasteiger charge is -2.25. The fourth-order valence-corrected chi connectivity index (χ4v) is 3.43. The summed E-state index contributed by atoms with van der Waals surface area (Å²) >= 11 is 0. The van der Waals surface area contributed by atoms with E-state index in [9.17, 15) is 18.0 Å². The van der Waals surface area contributed by atoms with E-state index in [4.69, 9.17) is 0 Å². The van der Waals surface area contributed by atoms with Crippen LogP contribution in [0.25, 0.3) is 5.65 Å². The first kappa shape index (κ1) is 17.5. The van der Waals surface area contributed by atoms with Gasteiger partial charge in [0.2, 0.25) is 0 Å². The molecule has 3 aromatic heterocycles. The molecule has 0 radical (unpaired) electrons. The molecular weight excluding hydrogens is 361 g/mol. The largest absolute Gasteiger partial charge is 0.392 e. The van der Waals surface area contributed by atoms with Crippen LogP contribution in [0, 0.1) is 12.8 Å². The average molecular weight is 378 g/mol. The van der Waals surface area contributed by atoms with Gasteiger partial charge in [0.25, 0.3) is 5.91 Å². The van der Waals surface area contributed by atoms with Gasteiger partial charge < -0.3 is 9.88 Å². The maximum absolute atomic E-state index is 12.9. The second-order valence-corrected chi connectivity index (χ2v) is 6.57. The predicted octanol–water partition coefficient (Wildman–Crippen LogP) is 2.29. The van der Waals surface area contributed by atoms with Crippen LogP contribution < -0.4 is 5.32 Å². The third-order valence-corrected chi connectivity index (χ3v) is 4.82. The second kappa shape index (κ2) is 6.36.